The van der Waals surface area contributed by atoms with Crippen LogP contribution in [0.25, 0.3) is 10.8 Å². The summed E-state index contributed by atoms with van der Waals surface area (Å²) in [7, 11) is -3.76. The Labute approximate surface area is 166 Å². The number of fused-ring (bicyclic) bond motifs is 1. The first-order chi connectivity index (χ1) is 13.3. The summed E-state index contributed by atoms with van der Waals surface area (Å²) in [5, 5.41) is 4.78. The fourth-order valence-corrected chi connectivity index (χ4v) is 4.89. The first-order valence-electron chi connectivity index (χ1n) is 9.18. The van der Waals surface area contributed by atoms with Crippen molar-refractivity contribution in [1.29, 1.82) is 0 Å². The van der Waals surface area contributed by atoms with Gasteiger partial charge in [-0.05, 0) is 42.5 Å². The molecule has 0 atom stereocenters. The summed E-state index contributed by atoms with van der Waals surface area (Å²) in [5.41, 5.74) is 2.20. The normalized spacial score (nSPS) is 11.7. The lowest BCUT2D eigenvalue weighted by Crippen LogP contribution is -2.38. The van der Waals surface area contributed by atoms with Crippen LogP contribution in [0, 0.1) is 13.8 Å². The maximum Gasteiger partial charge on any atom is 0.243 e. The van der Waals surface area contributed by atoms with Crippen molar-refractivity contribution in [3.63, 3.8) is 0 Å². The smallest absolute Gasteiger partial charge is 0.243 e. The zero-order valence-corrected chi connectivity index (χ0v) is 17.1. The Hall–Kier alpha value is -2.70. The number of hydrogen-bond acceptors (Lipinski definition) is 3. The van der Waals surface area contributed by atoms with Gasteiger partial charge >= 0.3 is 0 Å². The molecular formula is C22H24N2O3S. The molecule has 1 amide bonds. The highest BCUT2D eigenvalue weighted by atomic mass is 32.2. The van der Waals surface area contributed by atoms with Crippen LogP contribution in [-0.2, 0) is 14.8 Å². The molecule has 3 aromatic carbocycles. The summed E-state index contributed by atoms with van der Waals surface area (Å²) in [5.74, 6) is -0.368. The number of rotatable bonds is 6. The number of carbonyl (C=O) groups excluding carboxylic acids is 1. The average Bonchev–Trinajstić information content (AvgIpc) is 2.68. The summed E-state index contributed by atoms with van der Waals surface area (Å²) in [4.78, 5) is 12.9. The topological polar surface area (TPSA) is 66.5 Å². The van der Waals surface area contributed by atoms with Crippen LogP contribution in [0.3, 0.4) is 0 Å². The number of benzene rings is 3. The molecule has 0 saturated heterocycles. The lowest BCUT2D eigenvalue weighted by molar-refractivity contribution is -0.116. The lowest BCUT2D eigenvalue weighted by atomic mass is 10.1. The number of sulfonamides is 1. The Morgan fingerprint density at radius 1 is 1.00 bits per heavy atom. The van der Waals surface area contributed by atoms with Gasteiger partial charge in [-0.3, -0.25) is 4.79 Å². The van der Waals surface area contributed by atoms with Gasteiger partial charge in [-0.25, -0.2) is 8.42 Å². The third-order valence-corrected chi connectivity index (χ3v) is 6.76. The third-order valence-electron chi connectivity index (χ3n) is 4.70. The Morgan fingerprint density at radius 3 is 2.46 bits per heavy atom. The van der Waals surface area contributed by atoms with Crippen LogP contribution in [-0.4, -0.2) is 31.7 Å². The van der Waals surface area contributed by atoms with E-state index in [9.17, 15) is 13.2 Å². The van der Waals surface area contributed by atoms with Crippen molar-refractivity contribution >= 4 is 32.4 Å². The molecule has 0 radical (unpaired) electrons. The van der Waals surface area contributed by atoms with E-state index in [-0.39, 0.29) is 23.9 Å². The molecule has 0 aliphatic heterocycles. The number of nitrogens with one attached hydrogen (secondary N) is 1. The molecule has 0 unspecified atom stereocenters. The van der Waals surface area contributed by atoms with Gasteiger partial charge in [0, 0.05) is 17.6 Å². The molecule has 3 rings (SSSR count). The highest BCUT2D eigenvalue weighted by Crippen LogP contribution is 2.24. The van der Waals surface area contributed by atoms with Crippen molar-refractivity contribution < 1.29 is 13.2 Å². The number of anilines is 1. The van der Waals surface area contributed by atoms with Crippen LogP contribution >= 0.6 is 0 Å². The molecule has 0 heterocycles. The molecule has 146 valence electrons. The summed E-state index contributed by atoms with van der Waals surface area (Å²) in [6.07, 6.45) is 0. The van der Waals surface area contributed by atoms with Crippen molar-refractivity contribution in [2.75, 3.05) is 18.4 Å². The second-order valence-electron chi connectivity index (χ2n) is 6.78. The molecule has 0 fully saturated rings. The second kappa shape index (κ2) is 8.12. The lowest BCUT2D eigenvalue weighted by Gasteiger charge is -2.21. The van der Waals surface area contributed by atoms with Crippen LogP contribution in [0.2, 0.25) is 0 Å². The minimum Gasteiger partial charge on any atom is -0.324 e. The van der Waals surface area contributed by atoms with Gasteiger partial charge in [-0.15, -0.1) is 0 Å². The summed E-state index contributed by atoms with van der Waals surface area (Å²) < 4.78 is 27.4. The quantitative estimate of drug-likeness (QED) is 0.682. The molecule has 28 heavy (non-hydrogen) atoms. The molecule has 5 nitrogen and oxygen atoms in total. The number of carbonyl (C=O) groups is 1. The highest BCUT2D eigenvalue weighted by Gasteiger charge is 2.27. The Balaban J connectivity index is 1.84. The van der Waals surface area contributed by atoms with Crippen LogP contribution in [0.1, 0.15) is 18.1 Å². The van der Waals surface area contributed by atoms with Gasteiger partial charge in [0.15, 0.2) is 0 Å². The molecule has 0 aromatic heterocycles. The van der Waals surface area contributed by atoms with Crippen LogP contribution < -0.4 is 5.32 Å². The first kappa shape index (κ1) is 20.0. The molecule has 0 aliphatic rings. The predicted octanol–water partition coefficient (Wildman–Crippen LogP) is 4.11. The minimum absolute atomic E-state index is 0.207. The molecular weight excluding hydrogens is 372 g/mol. The standard InChI is InChI=1S/C22H24N2O3S/c1-4-24(28(26,27)21-14-16(2)12-13-17(21)3)15-22(25)23-20-11-7-9-18-8-5-6-10-19(18)20/h5-14H,4,15H2,1-3H3,(H,23,25). The van der Waals surface area contributed by atoms with E-state index in [1.54, 1.807) is 26.0 Å². The maximum absolute atomic E-state index is 13.1. The van der Waals surface area contributed by atoms with Gasteiger partial charge in [-0.2, -0.15) is 4.31 Å². The summed E-state index contributed by atoms with van der Waals surface area (Å²) >= 11 is 0. The molecule has 0 aliphatic carbocycles. The Morgan fingerprint density at radius 2 is 1.71 bits per heavy atom. The third kappa shape index (κ3) is 4.08. The van der Waals surface area contributed by atoms with Crippen molar-refractivity contribution in [2.45, 2.75) is 25.7 Å². The zero-order valence-electron chi connectivity index (χ0n) is 16.3. The van der Waals surface area contributed by atoms with Crippen molar-refractivity contribution in [3.8, 4) is 0 Å². The molecule has 0 saturated carbocycles. The van der Waals surface area contributed by atoms with E-state index < -0.39 is 10.0 Å². The van der Waals surface area contributed by atoms with E-state index >= 15 is 0 Å². The number of likely N-dealkylation sites (N-methyl/N-ethyl adjacent to an activating group) is 1. The monoisotopic (exact) mass is 396 g/mol. The van der Waals surface area contributed by atoms with E-state index in [1.807, 2.05) is 55.5 Å². The largest absolute Gasteiger partial charge is 0.324 e. The van der Waals surface area contributed by atoms with Crippen molar-refractivity contribution in [2.24, 2.45) is 0 Å². The summed E-state index contributed by atoms with van der Waals surface area (Å²) in [6.45, 7) is 5.31. The van der Waals surface area contributed by atoms with E-state index in [0.29, 0.717) is 11.3 Å². The fourth-order valence-electron chi connectivity index (χ4n) is 3.18. The average molecular weight is 397 g/mol. The fraction of sp³-hybridized carbons (Fsp3) is 0.227. The Bertz CT molecular complexity index is 1120. The molecule has 6 heteroatoms. The van der Waals surface area contributed by atoms with E-state index in [2.05, 4.69) is 5.32 Å². The summed E-state index contributed by atoms with van der Waals surface area (Å²) in [6, 6.07) is 18.7. The van der Waals surface area contributed by atoms with Gasteiger partial charge in [0.05, 0.1) is 11.4 Å². The van der Waals surface area contributed by atoms with Gasteiger partial charge in [0.1, 0.15) is 0 Å². The number of amides is 1. The number of nitrogens with zero attached hydrogens (tertiary/aromatic N) is 1. The van der Waals surface area contributed by atoms with Crippen LogP contribution in [0.4, 0.5) is 5.69 Å². The number of hydrogen-bond donors (Lipinski definition) is 1. The minimum atomic E-state index is -3.76. The highest BCUT2D eigenvalue weighted by molar-refractivity contribution is 7.89. The second-order valence-corrected chi connectivity index (χ2v) is 8.68. The van der Waals surface area contributed by atoms with Gasteiger partial charge < -0.3 is 5.32 Å². The zero-order chi connectivity index (χ0) is 20.3. The van der Waals surface area contributed by atoms with Crippen molar-refractivity contribution in [3.05, 3.63) is 71.8 Å². The molecule has 0 bridgehead atoms. The van der Waals surface area contributed by atoms with E-state index in [1.165, 1.54) is 4.31 Å². The molecule has 1 N–H and O–H groups in total. The van der Waals surface area contributed by atoms with E-state index in [0.717, 1.165) is 16.3 Å². The maximum atomic E-state index is 13.1. The van der Waals surface area contributed by atoms with Crippen molar-refractivity contribution in [1.82, 2.24) is 4.31 Å². The number of aryl methyl sites for hydroxylation is 2. The van der Waals surface area contributed by atoms with Gasteiger partial charge in [0.25, 0.3) is 0 Å². The first-order valence-corrected chi connectivity index (χ1v) is 10.6. The predicted molar refractivity (Wildman–Crippen MR) is 113 cm³/mol. The van der Waals surface area contributed by atoms with Crippen LogP contribution in [0.15, 0.2) is 65.6 Å². The van der Waals surface area contributed by atoms with Gasteiger partial charge in [-0.1, -0.05) is 55.5 Å². The van der Waals surface area contributed by atoms with Gasteiger partial charge in [0.2, 0.25) is 15.9 Å². The Kier molecular flexibility index (Phi) is 5.82. The molecule has 3 aromatic rings. The molecule has 0 spiro atoms. The van der Waals surface area contributed by atoms with Crippen LogP contribution in [0.5, 0.6) is 0 Å². The SMILES string of the molecule is CCN(CC(=O)Nc1cccc2ccccc12)S(=O)(=O)c1cc(C)ccc1C. The van der Waals surface area contributed by atoms with E-state index in [4.69, 9.17) is 0 Å².